The number of rotatable bonds is 5. The molecule has 0 aliphatic rings. The van der Waals surface area contributed by atoms with Gasteiger partial charge in [0.2, 0.25) is 0 Å². The molecule has 0 spiro atoms. The molecule has 0 radical (unpaired) electrons. The molecule has 1 rings (SSSR count). The first-order chi connectivity index (χ1) is 7.09. The molecule has 15 heavy (non-hydrogen) atoms. The summed E-state index contributed by atoms with van der Waals surface area (Å²) < 4.78 is 0. The third-order valence-corrected chi connectivity index (χ3v) is 2.53. The second-order valence-electron chi connectivity index (χ2n) is 4.28. The Morgan fingerprint density at radius 3 is 2.27 bits per heavy atom. The van der Waals surface area contributed by atoms with Gasteiger partial charge in [0.1, 0.15) is 0 Å². The SMILES string of the molecule is CC(O)CC(C)NC(C)c1ccccc1. The van der Waals surface area contributed by atoms with Gasteiger partial charge in [-0.25, -0.2) is 0 Å². The fourth-order valence-electron chi connectivity index (χ4n) is 1.84. The van der Waals surface area contributed by atoms with Crippen LogP contribution in [-0.2, 0) is 0 Å². The molecule has 1 aromatic rings. The monoisotopic (exact) mass is 207 g/mol. The van der Waals surface area contributed by atoms with Crippen molar-refractivity contribution in [2.45, 2.75) is 45.4 Å². The fraction of sp³-hybridized carbons (Fsp3) is 0.538. The van der Waals surface area contributed by atoms with Gasteiger partial charge in [-0.2, -0.15) is 0 Å². The molecule has 1 aromatic carbocycles. The molecule has 0 amide bonds. The summed E-state index contributed by atoms with van der Waals surface area (Å²) in [6.45, 7) is 6.07. The van der Waals surface area contributed by atoms with Crippen LogP contribution in [0.3, 0.4) is 0 Å². The quantitative estimate of drug-likeness (QED) is 0.777. The zero-order valence-corrected chi connectivity index (χ0v) is 9.77. The molecule has 0 bridgehead atoms. The lowest BCUT2D eigenvalue weighted by Crippen LogP contribution is -2.31. The van der Waals surface area contributed by atoms with Crippen molar-refractivity contribution in [1.29, 1.82) is 0 Å². The summed E-state index contributed by atoms with van der Waals surface area (Å²) in [6.07, 6.45) is 0.549. The molecule has 0 saturated heterocycles. The van der Waals surface area contributed by atoms with Crippen molar-refractivity contribution in [1.82, 2.24) is 5.32 Å². The molecule has 0 aliphatic carbocycles. The smallest absolute Gasteiger partial charge is 0.0526 e. The molecule has 2 N–H and O–H groups in total. The second-order valence-corrected chi connectivity index (χ2v) is 4.28. The Morgan fingerprint density at radius 2 is 1.73 bits per heavy atom. The summed E-state index contributed by atoms with van der Waals surface area (Å²) in [4.78, 5) is 0. The Hall–Kier alpha value is -0.860. The van der Waals surface area contributed by atoms with Crippen LogP contribution in [0.5, 0.6) is 0 Å². The van der Waals surface area contributed by atoms with Crippen molar-refractivity contribution >= 4 is 0 Å². The van der Waals surface area contributed by atoms with Gasteiger partial charge in [-0.05, 0) is 32.8 Å². The van der Waals surface area contributed by atoms with Crippen LogP contribution in [0, 0.1) is 0 Å². The fourth-order valence-corrected chi connectivity index (χ4v) is 1.84. The summed E-state index contributed by atoms with van der Waals surface area (Å²) in [5.41, 5.74) is 1.29. The molecule has 0 heterocycles. The highest BCUT2D eigenvalue weighted by atomic mass is 16.3. The predicted octanol–water partition coefficient (Wildman–Crippen LogP) is 2.50. The van der Waals surface area contributed by atoms with Crippen LogP contribution in [0.1, 0.15) is 38.8 Å². The minimum atomic E-state index is -0.240. The van der Waals surface area contributed by atoms with Gasteiger partial charge < -0.3 is 10.4 Å². The molecule has 3 atom stereocenters. The molecular weight excluding hydrogens is 186 g/mol. The van der Waals surface area contributed by atoms with Crippen LogP contribution in [0.4, 0.5) is 0 Å². The number of nitrogens with one attached hydrogen (secondary N) is 1. The summed E-state index contributed by atoms with van der Waals surface area (Å²) in [7, 11) is 0. The van der Waals surface area contributed by atoms with E-state index in [0.29, 0.717) is 12.1 Å². The van der Waals surface area contributed by atoms with Crippen LogP contribution in [0.25, 0.3) is 0 Å². The van der Waals surface area contributed by atoms with E-state index in [9.17, 15) is 5.11 Å². The average Bonchev–Trinajstić information content (AvgIpc) is 2.17. The van der Waals surface area contributed by atoms with Gasteiger partial charge in [-0.3, -0.25) is 0 Å². The molecule has 0 aliphatic heterocycles. The molecule has 0 saturated carbocycles. The number of benzene rings is 1. The van der Waals surface area contributed by atoms with E-state index in [1.54, 1.807) is 0 Å². The topological polar surface area (TPSA) is 32.3 Å². The predicted molar refractivity (Wildman–Crippen MR) is 63.8 cm³/mol. The largest absolute Gasteiger partial charge is 0.393 e. The number of hydrogen-bond donors (Lipinski definition) is 2. The van der Waals surface area contributed by atoms with E-state index in [1.807, 2.05) is 25.1 Å². The van der Waals surface area contributed by atoms with E-state index >= 15 is 0 Å². The van der Waals surface area contributed by atoms with Crippen molar-refractivity contribution in [3.8, 4) is 0 Å². The Kier molecular flexibility index (Phi) is 4.79. The Balaban J connectivity index is 2.45. The van der Waals surface area contributed by atoms with E-state index < -0.39 is 0 Å². The third-order valence-electron chi connectivity index (χ3n) is 2.53. The average molecular weight is 207 g/mol. The van der Waals surface area contributed by atoms with Gasteiger partial charge in [0.25, 0.3) is 0 Å². The Labute approximate surface area is 92.3 Å². The first kappa shape index (κ1) is 12.2. The number of aliphatic hydroxyl groups is 1. The van der Waals surface area contributed by atoms with Gasteiger partial charge in [0.05, 0.1) is 6.10 Å². The summed E-state index contributed by atoms with van der Waals surface area (Å²) in [5, 5.41) is 12.7. The lowest BCUT2D eigenvalue weighted by atomic mass is 10.1. The van der Waals surface area contributed by atoms with Gasteiger partial charge in [0.15, 0.2) is 0 Å². The van der Waals surface area contributed by atoms with E-state index in [4.69, 9.17) is 0 Å². The first-order valence-electron chi connectivity index (χ1n) is 5.58. The van der Waals surface area contributed by atoms with Crippen LogP contribution >= 0.6 is 0 Å². The molecular formula is C13H21NO. The van der Waals surface area contributed by atoms with Crippen LogP contribution in [0.15, 0.2) is 30.3 Å². The van der Waals surface area contributed by atoms with Crippen LogP contribution in [-0.4, -0.2) is 17.3 Å². The molecule has 2 nitrogen and oxygen atoms in total. The molecule has 0 aromatic heterocycles. The Bertz CT molecular complexity index is 271. The zero-order valence-electron chi connectivity index (χ0n) is 9.77. The van der Waals surface area contributed by atoms with E-state index in [1.165, 1.54) is 5.56 Å². The van der Waals surface area contributed by atoms with Gasteiger partial charge >= 0.3 is 0 Å². The molecule has 2 heteroatoms. The molecule has 3 unspecified atom stereocenters. The highest BCUT2D eigenvalue weighted by Gasteiger charge is 2.10. The maximum atomic E-state index is 9.27. The van der Waals surface area contributed by atoms with Crippen molar-refractivity contribution in [3.63, 3.8) is 0 Å². The van der Waals surface area contributed by atoms with Crippen molar-refractivity contribution < 1.29 is 5.11 Å². The third kappa shape index (κ3) is 4.45. The lowest BCUT2D eigenvalue weighted by molar-refractivity contribution is 0.168. The standard InChI is InChI=1S/C13H21NO/c1-10(9-11(2)15)14-12(3)13-7-5-4-6-8-13/h4-8,10-12,14-15H,9H2,1-3H3. The maximum absolute atomic E-state index is 9.27. The van der Waals surface area contributed by atoms with E-state index in [0.717, 1.165) is 6.42 Å². The van der Waals surface area contributed by atoms with Crippen molar-refractivity contribution in [2.75, 3.05) is 0 Å². The minimum Gasteiger partial charge on any atom is -0.393 e. The van der Waals surface area contributed by atoms with Gasteiger partial charge in [0, 0.05) is 12.1 Å². The van der Waals surface area contributed by atoms with Crippen LogP contribution in [0.2, 0.25) is 0 Å². The summed E-state index contributed by atoms with van der Waals surface area (Å²) >= 11 is 0. The molecule has 0 fully saturated rings. The van der Waals surface area contributed by atoms with Gasteiger partial charge in [-0.15, -0.1) is 0 Å². The zero-order chi connectivity index (χ0) is 11.3. The summed E-state index contributed by atoms with van der Waals surface area (Å²) in [5.74, 6) is 0. The van der Waals surface area contributed by atoms with Gasteiger partial charge in [-0.1, -0.05) is 30.3 Å². The minimum absolute atomic E-state index is 0.240. The van der Waals surface area contributed by atoms with Crippen molar-refractivity contribution in [2.24, 2.45) is 0 Å². The van der Waals surface area contributed by atoms with E-state index in [-0.39, 0.29) is 6.10 Å². The first-order valence-corrected chi connectivity index (χ1v) is 5.58. The Morgan fingerprint density at radius 1 is 1.13 bits per heavy atom. The highest BCUT2D eigenvalue weighted by Crippen LogP contribution is 2.13. The maximum Gasteiger partial charge on any atom is 0.0526 e. The number of hydrogen-bond acceptors (Lipinski definition) is 2. The normalized spacial score (nSPS) is 17.1. The van der Waals surface area contributed by atoms with Crippen molar-refractivity contribution in [3.05, 3.63) is 35.9 Å². The van der Waals surface area contributed by atoms with Crippen LogP contribution < -0.4 is 5.32 Å². The highest BCUT2D eigenvalue weighted by molar-refractivity contribution is 5.18. The lowest BCUT2D eigenvalue weighted by Gasteiger charge is -2.21. The summed E-state index contributed by atoms with van der Waals surface area (Å²) in [6, 6.07) is 11.0. The molecule has 84 valence electrons. The number of aliphatic hydroxyl groups excluding tert-OH is 1. The second kappa shape index (κ2) is 5.89. The van der Waals surface area contributed by atoms with E-state index in [2.05, 4.69) is 31.3 Å².